The summed E-state index contributed by atoms with van der Waals surface area (Å²) >= 11 is 5.86. The molecule has 0 unspecified atom stereocenters. The van der Waals surface area contributed by atoms with Gasteiger partial charge in [0.05, 0.1) is 11.6 Å². The molecule has 3 aromatic rings. The molecule has 0 bridgehead atoms. The Kier molecular flexibility index (Phi) is 4.16. The predicted molar refractivity (Wildman–Crippen MR) is 86.2 cm³/mol. The first kappa shape index (κ1) is 15.3. The minimum absolute atomic E-state index is 0.186. The molecule has 2 N–H and O–H groups in total. The lowest BCUT2D eigenvalue weighted by molar-refractivity contribution is 0.0937. The van der Waals surface area contributed by atoms with Crippen LogP contribution in [0.1, 0.15) is 34.8 Å². The van der Waals surface area contributed by atoms with Crippen molar-refractivity contribution < 1.29 is 9.32 Å². The maximum absolute atomic E-state index is 12.2. The predicted octanol–water partition coefficient (Wildman–Crippen LogP) is 3.52. The summed E-state index contributed by atoms with van der Waals surface area (Å²) in [4.78, 5) is 19.5. The Morgan fingerprint density at radius 3 is 2.70 bits per heavy atom. The number of aromatic nitrogens is 3. The number of hydrogen-bond donors (Lipinski definition) is 2. The zero-order valence-corrected chi connectivity index (χ0v) is 13.4. The second kappa shape index (κ2) is 6.26. The fourth-order valence-electron chi connectivity index (χ4n) is 2.16. The van der Waals surface area contributed by atoms with Crippen molar-refractivity contribution in [2.75, 3.05) is 0 Å². The van der Waals surface area contributed by atoms with Gasteiger partial charge >= 0.3 is 0 Å². The molecule has 23 heavy (non-hydrogen) atoms. The molecule has 0 aliphatic carbocycles. The molecule has 0 fully saturated rings. The van der Waals surface area contributed by atoms with Crippen molar-refractivity contribution in [2.45, 2.75) is 19.9 Å². The van der Waals surface area contributed by atoms with Crippen molar-refractivity contribution in [2.24, 2.45) is 0 Å². The number of aromatic amines is 1. The summed E-state index contributed by atoms with van der Waals surface area (Å²) in [6.07, 6.45) is 1.72. The molecule has 2 heterocycles. The van der Waals surface area contributed by atoms with Gasteiger partial charge in [-0.1, -0.05) is 16.8 Å². The van der Waals surface area contributed by atoms with E-state index in [0.717, 1.165) is 11.3 Å². The molecule has 3 rings (SSSR count). The Balaban J connectivity index is 1.73. The third-order valence-electron chi connectivity index (χ3n) is 3.47. The summed E-state index contributed by atoms with van der Waals surface area (Å²) in [6.45, 7) is 3.64. The van der Waals surface area contributed by atoms with Gasteiger partial charge in [-0.15, -0.1) is 0 Å². The number of halogens is 1. The van der Waals surface area contributed by atoms with Gasteiger partial charge in [0.15, 0.2) is 5.82 Å². The van der Waals surface area contributed by atoms with E-state index >= 15 is 0 Å². The minimum atomic E-state index is -0.374. The highest BCUT2D eigenvalue weighted by molar-refractivity contribution is 6.30. The van der Waals surface area contributed by atoms with Gasteiger partial charge in [0.1, 0.15) is 0 Å². The number of amides is 1. The molecule has 7 heteroatoms. The van der Waals surface area contributed by atoms with Crippen molar-refractivity contribution in [3.63, 3.8) is 0 Å². The zero-order chi connectivity index (χ0) is 16.4. The first-order chi connectivity index (χ1) is 11.0. The largest absolute Gasteiger partial charge is 0.365 e. The minimum Gasteiger partial charge on any atom is -0.365 e. The third-order valence-corrected chi connectivity index (χ3v) is 3.72. The van der Waals surface area contributed by atoms with Gasteiger partial charge in [0, 0.05) is 22.5 Å². The Morgan fingerprint density at radius 1 is 1.30 bits per heavy atom. The highest BCUT2D eigenvalue weighted by Gasteiger charge is 2.18. The van der Waals surface area contributed by atoms with Crippen LogP contribution in [0, 0.1) is 6.92 Å². The molecule has 0 radical (unpaired) electrons. The number of nitrogens with zero attached hydrogens (tertiary/aromatic N) is 2. The summed E-state index contributed by atoms with van der Waals surface area (Å²) < 4.78 is 5.25. The highest BCUT2D eigenvalue weighted by atomic mass is 35.5. The molecule has 1 atom stereocenters. The molecule has 118 valence electrons. The van der Waals surface area contributed by atoms with E-state index in [1.807, 2.05) is 6.92 Å². The van der Waals surface area contributed by atoms with Gasteiger partial charge < -0.3 is 14.8 Å². The van der Waals surface area contributed by atoms with Crippen LogP contribution in [0.4, 0.5) is 0 Å². The van der Waals surface area contributed by atoms with Crippen LogP contribution in [-0.4, -0.2) is 21.0 Å². The second-order valence-corrected chi connectivity index (χ2v) is 5.61. The molecule has 0 saturated carbocycles. The van der Waals surface area contributed by atoms with Crippen LogP contribution in [-0.2, 0) is 0 Å². The summed E-state index contributed by atoms with van der Waals surface area (Å²) in [5, 5.41) is 7.41. The van der Waals surface area contributed by atoms with E-state index in [0.29, 0.717) is 22.3 Å². The van der Waals surface area contributed by atoms with Gasteiger partial charge in [-0.05, 0) is 44.2 Å². The first-order valence-corrected chi connectivity index (χ1v) is 7.47. The molecular formula is C16H15ClN4O2. The third kappa shape index (κ3) is 3.27. The Morgan fingerprint density at radius 2 is 2.04 bits per heavy atom. The smallest absolute Gasteiger partial charge is 0.257 e. The van der Waals surface area contributed by atoms with E-state index in [1.54, 1.807) is 43.5 Å². The molecule has 0 aliphatic rings. The van der Waals surface area contributed by atoms with Crippen molar-refractivity contribution in [1.82, 2.24) is 20.4 Å². The number of carbonyl (C=O) groups excluding carboxylic acids is 1. The average molecular weight is 331 g/mol. The van der Waals surface area contributed by atoms with Crippen LogP contribution in [0.25, 0.3) is 11.5 Å². The first-order valence-electron chi connectivity index (χ1n) is 7.09. The highest BCUT2D eigenvalue weighted by Crippen LogP contribution is 2.21. The molecule has 0 saturated heterocycles. The number of nitrogens with one attached hydrogen (secondary N) is 2. The van der Waals surface area contributed by atoms with Crippen LogP contribution in [0.3, 0.4) is 0 Å². The van der Waals surface area contributed by atoms with Crippen molar-refractivity contribution in [3.05, 3.63) is 58.6 Å². The normalized spacial score (nSPS) is 12.1. The SMILES string of the molecule is Cc1[nH]ccc1C(=O)N[C@H](C)c1noc(-c2ccc(Cl)cc2)n1. The van der Waals surface area contributed by atoms with Gasteiger partial charge in [0.2, 0.25) is 0 Å². The van der Waals surface area contributed by atoms with Crippen molar-refractivity contribution in [3.8, 4) is 11.5 Å². The Hall–Kier alpha value is -2.60. The standard InChI is InChI=1S/C16H15ClN4O2/c1-9-13(7-8-18-9)15(22)19-10(2)14-20-16(23-21-14)11-3-5-12(17)6-4-11/h3-8,10,18H,1-2H3,(H,19,22)/t10-/m1/s1. The molecule has 0 aliphatic heterocycles. The van der Waals surface area contributed by atoms with E-state index in [1.165, 1.54) is 0 Å². The molecular weight excluding hydrogens is 316 g/mol. The summed E-state index contributed by atoms with van der Waals surface area (Å²) in [5.74, 6) is 0.612. The fraction of sp³-hybridized carbons (Fsp3) is 0.188. The van der Waals surface area contributed by atoms with Gasteiger partial charge in [0.25, 0.3) is 11.8 Å². The lowest BCUT2D eigenvalue weighted by atomic mass is 10.2. The van der Waals surface area contributed by atoms with Crippen LogP contribution in [0.15, 0.2) is 41.1 Å². The van der Waals surface area contributed by atoms with Gasteiger partial charge in [-0.25, -0.2) is 0 Å². The zero-order valence-electron chi connectivity index (χ0n) is 12.6. The lowest BCUT2D eigenvalue weighted by Crippen LogP contribution is -2.27. The van der Waals surface area contributed by atoms with E-state index in [4.69, 9.17) is 16.1 Å². The number of hydrogen-bond acceptors (Lipinski definition) is 4. The van der Waals surface area contributed by atoms with Crippen LogP contribution < -0.4 is 5.32 Å². The Bertz CT molecular complexity index is 823. The maximum Gasteiger partial charge on any atom is 0.257 e. The Labute approximate surface area is 137 Å². The summed E-state index contributed by atoms with van der Waals surface area (Å²) in [7, 11) is 0. The van der Waals surface area contributed by atoms with E-state index in [-0.39, 0.29) is 11.9 Å². The number of carbonyl (C=O) groups is 1. The van der Waals surface area contributed by atoms with Crippen LogP contribution in [0.5, 0.6) is 0 Å². The monoisotopic (exact) mass is 330 g/mol. The van der Waals surface area contributed by atoms with Crippen molar-refractivity contribution >= 4 is 17.5 Å². The van der Waals surface area contributed by atoms with Gasteiger partial charge in [-0.2, -0.15) is 4.98 Å². The number of H-pyrrole nitrogens is 1. The number of rotatable bonds is 4. The van der Waals surface area contributed by atoms with Gasteiger partial charge in [-0.3, -0.25) is 4.79 Å². The molecule has 1 aromatic carbocycles. The second-order valence-electron chi connectivity index (χ2n) is 5.18. The van der Waals surface area contributed by atoms with Crippen LogP contribution >= 0.6 is 11.6 Å². The maximum atomic E-state index is 12.2. The molecule has 1 amide bonds. The fourth-order valence-corrected chi connectivity index (χ4v) is 2.28. The van der Waals surface area contributed by atoms with E-state index in [2.05, 4.69) is 20.4 Å². The lowest BCUT2D eigenvalue weighted by Gasteiger charge is -2.09. The van der Waals surface area contributed by atoms with E-state index < -0.39 is 0 Å². The topological polar surface area (TPSA) is 83.8 Å². The molecule has 2 aromatic heterocycles. The molecule has 6 nitrogen and oxygen atoms in total. The number of aryl methyl sites for hydroxylation is 1. The number of benzene rings is 1. The average Bonchev–Trinajstić information content (AvgIpc) is 3.17. The summed E-state index contributed by atoms with van der Waals surface area (Å²) in [5.41, 5.74) is 2.18. The quantitative estimate of drug-likeness (QED) is 0.766. The van der Waals surface area contributed by atoms with Crippen LogP contribution in [0.2, 0.25) is 5.02 Å². The van der Waals surface area contributed by atoms with Crippen molar-refractivity contribution in [1.29, 1.82) is 0 Å². The summed E-state index contributed by atoms with van der Waals surface area (Å²) in [6, 6.07) is 8.45. The molecule has 0 spiro atoms. The van der Waals surface area contributed by atoms with E-state index in [9.17, 15) is 4.79 Å².